The monoisotopic (exact) mass is 260 g/mol. The number of thiazole rings is 1. The Morgan fingerprint density at radius 3 is 3.17 bits per heavy atom. The topological polar surface area (TPSA) is 67.7 Å². The van der Waals surface area contributed by atoms with Crippen LogP contribution >= 0.6 is 11.3 Å². The lowest BCUT2D eigenvalue weighted by Crippen LogP contribution is -1.89. The van der Waals surface area contributed by atoms with Gasteiger partial charge in [0.1, 0.15) is 5.69 Å². The molecule has 0 bridgehead atoms. The predicted molar refractivity (Wildman–Crippen MR) is 67.4 cm³/mol. The summed E-state index contributed by atoms with van der Waals surface area (Å²) in [5.74, 6) is -0.260. The maximum absolute atomic E-state index is 10.6. The maximum Gasteiger partial charge on any atom is 0.328 e. The molecule has 0 aliphatic rings. The van der Waals surface area contributed by atoms with Crippen LogP contribution in [0.1, 0.15) is 5.69 Å². The van der Waals surface area contributed by atoms with Gasteiger partial charge in [0, 0.05) is 11.5 Å². The van der Waals surface area contributed by atoms with E-state index in [0.717, 1.165) is 22.5 Å². The van der Waals surface area contributed by atoms with Crippen molar-refractivity contribution in [3.8, 4) is 11.5 Å². The van der Waals surface area contributed by atoms with Gasteiger partial charge in [-0.2, -0.15) is 0 Å². The molecule has 0 spiro atoms. The summed E-state index contributed by atoms with van der Waals surface area (Å²) in [7, 11) is 0. The van der Waals surface area contributed by atoms with E-state index in [4.69, 9.17) is 9.52 Å². The van der Waals surface area contributed by atoms with Gasteiger partial charge in [-0.1, -0.05) is 0 Å². The Morgan fingerprint density at radius 1 is 1.56 bits per heavy atom. The Bertz CT molecular complexity index is 722. The minimum Gasteiger partial charge on any atom is -0.478 e. The third-order valence-electron chi connectivity index (χ3n) is 2.44. The van der Waals surface area contributed by atoms with Gasteiger partial charge in [0.15, 0.2) is 10.7 Å². The van der Waals surface area contributed by atoms with E-state index in [0.29, 0.717) is 5.69 Å². The Labute approximate surface area is 106 Å². The molecule has 0 aromatic carbocycles. The van der Waals surface area contributed by atoms with Gasteiger partial charge < -0.3 is 9.52 Å². The fourth-order valence-corrected chi connectivity index (χ4v) is 2.56. The molecule has 3 rings (SSSR count). The maximum atomic E-state index is 10.6. The highest BCUT2D eigenvalue weighted by Crippen LogP contribution is 2.27. The number of furan rings is 1. The van der Waals surface area contributed by atoms with Crippen molar-refractivity contribution in [1.29, 1.82) is 0 Å². The molecule has 18 heavy (non-hydrogen) atoms. The number of hydrogen-bond donors (Lipinski definition) is 1. The molecule has 0 fully saturated rings. The summed E-state index contributed by atoms with van der Waals surface area (Å²) in [5.41, 5.74) is 1.57. The summed E-state index contributed by atoms with van der Waals surface area (Å²) in [6.07, 6.45) is 5.84. The van der Waals surface area contributed by atoms with E-state index >= 15 is 0 Å². The van der Waals surface area contributed by atoms with Crippen LogP contribution in [0.4, 0.5) is 0 Å². The molecular weight excluding hydrogens is 252 g/mol. The van der Waals surface area contributed by atoms with Crippen molar-refractivity contribution in [2.24, 2.45) is 0 Å². The number of rotatable bonds is 3. The second-order valence-electron chi connectivity index (χ2n) is 3.57. The standard InChI is InChI=1S/C12H8N2O3S/c15-11(16)4-3-8-6-13-12-14(8)9(7-18-12)10-2-1-5-17-10/h1-7H,(H,15,16)/b4-3+. The number of carboxylic acid groups (broad SMARTS) is 1. The van der Waals surface area contributed by atoms with Crippen LogP contribution < -0.4 is 0 Å². The Balaban J connectivity index is 2.17. The Morgan fingerprint density at radius 2 is 2.44 bits per heavy atom. The summed E-state index contributed by atoms with van der Waals surface area (Å²) in [6, 6.07) is 3.66. The van der Waals surface area contributed by atoms with Crippen molar-refractivity contribution in [2.45, 2.75) is 0 Å². The molecule has 3 heterocycles. The first kappa shape index (κ1) is 10.8. The van der Waals surface area contributed by atoms with Crippen LogP contribution in [0.25, 0.3) is 22.5 Å². The molecule has 1 N–H and O–H groups in total. The van der Waals surface area contributed by atoms with Crippen LogP contribution in [0.3, 0.4) is 0 Å². The number of carbonyl (C=O) groups is 1. The minimum atomic E-state index is -0.986. The van der Waals surface area contributed by atoms with E-state index in [1.807, 2.05) is 21.9 Å². The molecule has 5 nitrogen and oxygen atoms in total. The van der Waals surface area contributed by atoms with Gasteiger partial charge in [-0.15, -0.1) is 11.3 Å². The van der Waals surface area contributed by atoms with Crippen molar-refractivity contribution in [2.75, 3.05) is 0 Å². The average Bonchev–Trinajstić information content (AvgIpc) is 3.03. The van der Waals surface area contributed by atoms with E-state index in [1.54, 1.807) is 12.5 Å². The SMILES string of the molecule is O=C(O)/C=C/c1cnc2scc(-c3ccco3)n12. The summed E-state index contributed by atoms with van der Waals surface area (Å²) >= 11 is 1.48. The minimum absolute atomic E-state index is 0.708. The lowest BCUT2D eigenvalue weighted by Gasteiger charge is -1.97. The van der Waals surface area contributed by atoms with Crippen molar-refractivity contribution < 1.29 is 14.3 Å². The summed E-state index contributed by atoms with van der Waals surface area (Å²) < 4.78 is 7.22. The van der Waals surface area contributed by atoms with Crippen LogP contribution in [0.2, 0.25) is 0 Å². The molecular formula is C12H8N2O3S. The number of nitrogens with zero attached hydrogens (tertiary/aromatic N) is 2. The number of fused-ring (bicyclic) bond motifs is 1. The number of imidazole rings is 1. The fraction of sp³-hybridized carbons (Fsp3) is 0. The summed E-state index contributed by atoms with van der Waals surface area (Å²) in [4.78, 5) is 15.6. The van der Waals surface area contributed by atoms with E-state index in [2.05, 4.69) is 4.98 Å². The third kappa shape index (κ3) is 1.72. The smallest absolute Gasteiger partial charge is 0.328 e. The molecule has 0 radical (unpaired) electrons. The second-order valence-corrected chi connectivity index (χ2v) is 4.41. The second kappa shape index (κ2) is 4.15. The van der Waals surface area contributed by atoms with Gasteiger partial charge in [-0.3, -0.25) is 4.40 Å². The highest BCUT2D eigenvalue weighted by Gasteiger charge is 2.12. The van der Waals surface area contributed by atoms with Gasteiger partial charge in [-0.25, -0.2) is 9.78 Å². The zero-order valence-corrected chi connectivity index (χ0v) is 9.92. The van der Waals surface area contributed by atoms with Crippen molar-refractivity contribution in [1.82, 2.24) is 9.38 Å². The highest BCUT2D eigenvalue weighted by atomic mass is 32.1. The molecule has 0 saturated carbocycles. The third-order valence-corrected chi connectivity index (χ3v) is 3.28. The fourth-order valence-electron chi connectivity index (χ4n) is 1.70. The van der Waals surface area contributed by atoms with Gasteiger partial charge in [0.2, 0.25) is 0 Å². The Kier molecular flexibility index (Phi) is 2.49. The molecule has 0 aliphatic heterocycles. The normalized spacial score (nSPS) is 11.6. The molecule has 0 saturated heterocycles. The van der Waals surface area contributed by atoms with Gasteiger partial charge in [0.05, 0.1) is 18.2 Å². The first-order valence-electron chi connectivity index (χ1n) is 5.15. The molecule has 0 amide bonds. The van der Waals surface area contributed by atoms with E-state index in [1.165, 1.54) is 17.4 Å². The number of aromatic nitrogens is 2. The molecule has 0 unspecified atom stereocenters. The average molecular weight is 260 g/mol. The van der Waals surface area contributed by atoms with E-state index in [-0.39, 0.29) is 0 Å². The molecule has 3 aromatic heterocycles. The van der Waals surface area contributed by atoms with Crippen molar-refractivity contribution in [3.63, 3.8) is 0 Å². The first-order chi connectivity index (χ1) is 8.75. The quantitative estimate of drug-likeness (QED) is 0.735. The van der Waals surface area contributed by atoms with E-state index < -0.39 is 5.97 Å². The molecule has 0 aliphatic carbocycles. The lowest BCUT2D eigenvalue weighted by molar-refractivity contribution is -0.131. The molecule has 6 heteroatoms. The summed E-state index contributed by atoms with van der Waals surface area (Å²) in [6.45, 7) is 0. The van der Waals surface area contributed by atoms with Crippen LogP contribution in [0, 0.1) is 0 Å². The highest BCUT2D eigenvalue weighted by molar-refractivity contribution is 7.15. The van der Waals surface area contributed by atoms with Gasteiger partial charge in [0.25, 0.3) is 0 Å². The molecule has 3 aromatic rings. The van der Waals surface area contributed by atoms with Crippen LogP contribution in [0.5, 0.6) is 0 Å². The largest absolute Gasteiger partial charge is 0.478 e. The molecule has 0 atom stereocenters. The lowest BCUT2D eigenvalue weighted by atomic mass is 10.3. The molecule has 90 valence electrons. The van der Waals surface area contributed by atoms with E-state index in [9.17, 15) is 4.79 Å². The first-order valence-corrected chi connectivity index (χ1v) is 6.03. The number of aliphatic carboxylic acids is 1. The summed E-state index contributed by atoms with van der Waals surface area (Å²) in [5, 5.41) is 10.6. The zero-order valence-electron chi connectivity index (χ0n) is 9.11. The number of hydrogen-bond acceptors (Lipinski definition) is 4. The van der Waals surface area contributed by atoms with Crippen LogP contribution in [0.15, 0.2) is 40.5 Å². The Hall–Kier alpha value is -2.34. The van der Waals surface area contributed by atoms with Crippen molar-refractivity contribution in [3.05, 3.63) is 41.7 Å². The van der Waals surface area contributed by atoms with Crippen molar-refractivity contribution >= 4 is 28.3 Å². The van der Waals surface area contributed by atoms with Gasteiger partial charge >= 0.3 is 5.97 Å². The van der Waals surface area contributed by atoms with Gasteiger partial charge in [-0.05, 0) is 18.2 Å². The predicted octanol–water partition coefficient (Wildman–Crippen LogP) is 2.75. The number of carboxylic acids is 1. The zero-order chi connectivity index (χ0) is 12.5. The van der Waals surface area contributed by atoms with Crippen LogP contribution in [-0.2, 0) is 4.79 Å². The van der Waals surface area contributed by atoms with Crippen LogP contribution in [-0.4, -0.2) is 20.5 Å².